The van der Waals surface area contributed by atoms with E-state index in [0.29, 0.717) is 12.1 Å². The predicted octanol–water partition coefficient (Wildman–Crippen LogP) is 2.86. The van der Waals surface area contributed by atoms with Crippen LogP contribution in [0.4, 0.5) is 5.69 Å². The molecule has 1 aliphatic rings. The van der Waals surface area contributed by atoms with Gasteiger partial charge in [0.2, 0.25) is 0 Å². The molecule has 1 saturated heterocycles. The number of ether oxygens (including phenoxy) is 1. The number of pyridine rings is 1. The van der Waals surface area contributed by atoms with E-state index in [1.807, 2.05) is 32.0 Å². The van der Waals surface area contributed by atoms with Crippen molar-refractivity contribution in [3.05, 3.63) is 58.9 Å². The summed E-state index contributed by atoms with van der Waals surface area (Å²) >= 11 is 0. The minimum Gasteiger partial charge on any atom is -0.376 e. The SMILES string of the molecule is Cc1ccc(C)c(NC(=O)c2ccnc(C(=O)NCC3CCCO3)c2)c1. The standard InChI is InChI=1S/C20H23N3O3/c1-13-5-6-14(2)17(10-13)23-19(24)15-7-8-21-18(11-15)20(25)22-12-16-4-3-9-26-16/h5-8,10-11,16H,3-4,9,12H2,1-2H3,(H,22,25)(H,23,24). The predicted molar refractivity (Wildman–Crippen MR) is 99.4 cm³/mol. The molecule has 0 saturated carbocycles. The van der Waals surface area contributed by atoms with Gasteiger partial charge in [0, 0.05) is 30.6 Å². The van der Waals surface area contributed by atoms with Crippen LogP contribution in [0.25, 0.3) is 0 Å². The lowest BCUT2D eigenvalue weighted by atomic mass is 10.1. The van der Waals surface area contributed by atoms with E-state index in [1.54, 1.807) is 6.07 Å². The van der Waals surface area contributed by atoms with Crippen molar-refractivity contribution in [2.24, 2.45) is 0 Å². The summed E-state index contributed by atoms with van der Waals surface area (Å²) in [6, 6.07) is 8.97. The van der Waals surface area contributed by atoms with Crippen molar-refractivity contribution in [3.63, 3.8) is 0 Å². The van der Waals surface area contributed by atoms with Crippen LogP contribution in [-0.2, 0) is 4.74 Å². The van der Waals surface area contributed by atoms with Gasteiger partial charge in [-0.2, -0.15) is 0 Å². The number of rotatable bonds is 5. The number of hydrogen-bond donors (Lipinski definition) is 2. The fourth-order valence-corrected chi connectivity index (χ4v) is 2.86. The van der Waals surface area contributed by atoms with Crippen LogP contribution in [0.1, 0.15) is 44.8 Å². The van der Waals surface area contributed by atoms with E-state index in [4.69, 9.17) is 4.74 Å². The van der Waals surface area contributed by atoms with E-state index in [0.717, 1.165) is 36.3 Å². The van der Waals surface area contributed by atoms with Gasteiger partial charge in [-0.15, -0.1) is 0 Å². The molecule has 2 amide bonds. The Balaban J connectivity index is 1.66. The Morgan fingerprint density at radius 1 is 1.19 bits per heavy atom. The number of anilines is 1. The molecule has 6 heteroatoms. The lowest BCUT2D eigenvalue weighted by molar-refractivity contribution is 0.0853. The Hall–Kier alpha value is -2.73. The molecule has 1 unspecified atom stereocenters. The van der Waals surface area contributed by atoms with Crippen molar-refractivity contribution in [1.82, 2.24) is 10.3 Å². The summed E-state index contributed by atoms with van der Waals surface area (Å²) in [5.41, 5.74) is 3.42. The zero-order chi connectivity index (χ0) is 18.5. The van der Waals surface area contributed by atoms with Crippen LogP contribution < -0.4 is 10.6 Å². The molecule has 1 fully saturated rings. The molecule has 0 bridgehead atoms. The first kappa shape index (κ1) is 18.1. The average Bonchev–Trinajstić information content (AvgIpc) is 3.16. The first-order valence-electron chi connectivity index (χ1n) is 8.77. The average molecular weight is 353 g/mol. The van der Waals surface area contributed by atoms with Crippen LogP contribution in [-0.4, -0.2) is 36.1 Å². The second kappa shape index (κ2) is 8.10. The molecule has 2 aromatic rings. The van der Waals surface area contributed by atoms with Crippen LogP contribution in [0.2, 0.25) is 0 Å². The summed E-state index contributed by atoms with van der Waals surface area (Å²) in [5, 5.41) is 5.71. The quantitative estimate of drug-likeness (QED) is 0.866. The Morgan fingerprint density at radius 2 is 2.04 bits per heavy atom. The Morgan fingerprint density at radius 3 is 2.81 bits per heavy atom. The molecule has 0 radical (unpaired) electrons. The molecule has 6 nitrogen and oxygen atoms in total. The summed E-state index contributed by atoms with van der Waals surface area (Å²) in [6.07, 6.45) is 3.51. The third-order valence-electron chi connectivity index (χ3n) is 4.41. The zero-order valence-electron chi connectivity index (χ0n) is 15.0. The number of hydrogen-bond acceptors (Lipinski definition) is 4. The van der Waals surface area contributed by atoms with E-state index in [9.17, 15) is 9.59 Å². The largest absolute Gasteiger partial charge is 0.376 e. The Kier molecular flexibility index (Phi) is 5.63. The molecule has 1 aliphatic heterocycles. The van der Waals surface area contributed by atoms with Crippen molar-refractivity contribution in [2.45, 2.75) is 32.8 Å². The normalized spacial score (nSPS) is 16.3. The third-order valence-corrected chi connectivity index (χ3v) is 4.41. The van der Waals surface area contributed by atoms with Gasteiger partial charge in [0.1, 0.15) is 5.69 Å². The highest BCUT2D eigenvalue weighted by atomic mass is 16.5. The van der Waals surface area contributed by atoms with Gasteiger partial charge in [-0.05, 0) is 56.0 Å². The van der Waals surface area contributed by atoms with E-state index in [-0.39, 0.29) is 23.6 Å². The summed E-state index contributed by atoms with van der Waals surface area (Å²) in [7, 11) is 0. The first-order chi connectivity index (χ1) is 12.5. The summed E-state index contributed by atoms with van der Waals surface area (Å²) < 4.78 is 5.49. The first-order valence-corrected chi connectivity index (χ1v) is 8.77. The molecule has 2 N–H and O–H groups in total. The third kappa shape index (κ3) is 4.46. The second-order valence-corrected chi connectivity index (χ2v) is 6.55. The van der Waals surface area contributed by atoms with Gasteiger partial charge in [0.05, 0.1) is 6.10 Å². The Bertz CT molecular complexity index is 814. The van der Waals surface area contributed by atoms with E-state index < -0.39 is 0 Å². The zero-order valence-corrected chi connectivity index (χ0v) is 15.0. The number of carbonyl (C=O) groups is 2. The maximum atomic E-state index is 12.5. The van der Waals surface area contributed by atoms with E-state index in [1.165, 1.54) is 12.3 Å². The molecule has 0 aliphatic carbocycles. The molecular formula is C20H23N3O3. The van der Waals surface area contributed by atoms with Crippen LogP contribution in [0.5, 0.6) is 0 Å². The molecule has 0 spiro atoms. The number of carbonyl (C=O) groups excluding carboxylic acids is 2. The fourth-order valence-electron chi connectivity index (χ4n) is 2.86. The highest BCUT2D eigenvalue weighted by molar-refractivity contribution is 6.06. The fraction of sp³-hybridized carbons (Fsp3) is 0.350. The van der Waals surface area contributed by atoms with Crippen LogP contribution in [0, 0.1) is 13.8 Å². The van der Waals surface area contributed by atoms with Gasteiger partial charge in [-0.1, -0.05) is 12.1 Å². The van der Waals surface area contributed by atoms with Gasteiger partial charge >= 0.3 is 0 Å². The lowest BCUT2D eigenvalue weighted by Gasteiger charge is -2.11. The van der Waals surface area contributed by atoms with Crippen LogP contribution >= 0.6 is 0 Å². The summed E-state index contributed by atoms with van der Waals surface area (Å²) in [4.78, 5) is 28.9. The molecule has 26 heavy (non-hydrogen) atoms. The number of nitrogens with zero attached hydrogens (tertiary/aromatic N) is 1. The van der Waals surface area contributed by atoms with Gasteiger partial charge in [-0.25, -0.2) is 0 Å². The lowest BCUT2D eigenvalue weighted by Crippen LogP contribution is -2.32. The topological polar surface area (TPSA) is 80.3 Å². The van der Waals surface area contributed by atoms with Gasteiger partial charge in [0.15, 0.2) is 0 Å². The Labute approximate surface area is 153 Å². The number of aromatic nitrogens is 1. The smallest absolute Gasteiger partial charge is 0.269 e. The molecule has 3 rings (SSSR count). The van der Waals surface area contributed by atoms with E-state index in [2.05, 4.69) is 15.6 Å². The number of aryl methyl sites for hydroxylation is 2. The second-order valence-electron chi connectivity index (χ2n) is 6.55. The molecule has 2 heterocycles. The monoisotopic (exact) mass is 353 g/mol. The molecule has 1 aromatic heterocycles. The van der Waals surface area contributed by atoms with Crippen molar-refractivity contribution < 1.29 is 14.3 Å². The maximum Gasteiger partial charge on any atom is 0.269 e. The molecule has 136 valence electrons. The van der Waals surface area contributed by atoms with Gasteiger partial charge in [-0.3, -0.25) is 14.6 Å². The number of benzene rings is 1. The summed E-state index contributed by atoms with van der Waals surface area (Å²) in [6.45, 7) is 5.11. The van der Waals surface area contributed by atoms with Gasteiger partial charge < -0.3 is 15.4 Å². The van der Waals surface area contributed by atoms with Gasteiger partial charge in [0.25, 0.3) is 11.8 Å². The minimum atomic E-state index is -0.304. The van der Waals surface area contributed by atoms with Crippen LogP contribution in [0.15, 0.2) is 36.5 Å². The number of nitrogens with one attached hydrogen (secondary N) is 2. The van der Waals surface area contributed by atoms with Crippen molar-refractivity contribution in [3.8, 4) is 0 Å². The number of amides is 2. The van der Waals surface area contributed by atoms with E-state index >= 15 is 0 Å². The molecular weight excluding hydrogens is 330 g/mol. The molecule has 1 aromatic carbocycles. The molecule has 1 atom stereocenters. The highest BCUT2D eigenvalue weighted by Crippen LogP contribution is 2.17. The van der Waals surface area contributed by atoms with Crippen molar-refractivity contribution >= 4 is 17.5 Å². The minimum absolute atomic E-state index is 0.0646. The van der Waals surface area contributed by atoms with Crippen molar-refractivity contribution in [2.75, 3.05) is 18.5 Å². The summed E-state index contributed by atoms with van der Waals surface area (Å²) in [5.74, 6) is -0.573. The van der Waals surface area contributed by atoms with Crippen LogP contribution in [0.3, 0.4) is 0 Å². The highest BCUT2D eigenvalue weighted by Gasteiger charge is 2.18. The van der Waals surface area contributed by atoms with Crippen molar-refractivity contribution in [1.29, 1.82) is 0 Å². The maximum absolute atomic E-state index is 12.5.